The Morgan fingerprint density at radius 3 is 2.69 bits per heavy atom. The second-order valence-electron chi connectivity index (χ2n) is 6.90. The highest BCUT2D eigenvalue weighted by molar-refractivity contribution is 7.14. The molecule has 0 bridgehead atoms. The lowest BCUT2D eigenvalue weighted by molar-refractivity contribution is -0.187. The van der Waals surface area contributed by atoms with Crippen molar-refractivity contribution in [2.75, 3.05) is 36.9 Å². The fourth-order valence-electron chi connectivity index (χ4n) is 3.42. The van der Waals surface area contributed by atoms with Crippen molar-refractivity contribution in [2.24, 2.45) is 0 Å². The molecule has 1 aromatic heterocycles. The molecule has 0 unspecified atom stereocenters. The number of thiazole rings is 1. The van der Waals surface area contributed by atoms with E-state index >= 15 is 0 Å². The number of rotatable bonds is 4. The molecule has 4 rings (SSSR count). The van der Waals surface area contributed by atoms with E-state index in [0.717, 1.165) is 0 Å². The third kappa shape index (κ3) is 5.05. The summed E-state index contributed by atoms with van der Waals surface area (Å²) in [5.41, 5.74) is 1.21. The predicted molar refractivity (Wildman–Crippen MR) is 110 cm³/mol. The van der Waals surface area contributed by atoms with Crippen molar-refractivity contribution in [3.05, 3.63) is 40.4 Å². The number of nitrogens with zero attached hydrogens (tertiary/aromatic N) is 2. The molecular formula is C19H21ClN4O4S. The van der Waals surface area contributed by atoms with Gasteiger partial charge in [0.15, 0.2) is 10.9 Å². The van der Waals surface area contributed by atoms with Gasteiger partial charge in [0.25, 0.3) is 0 Å². The number of amides is 3. The lowest BCUT2D eigenvalue weighted by Crippen LogP contribution is -2.47. The first-order valence-electron chi connectivity index (χ1n) is 9.35. The molecule has 0 atom stereocenters. The van der Waals surface area contributed by atoms with Crippen molar-refractivity contribution in [3.8, 4) is 0 Å². The van der Waals surface area contributed by atoms with Gasteiger partial charge in [-0.05, 0) is 18.2 Å². The summed E-state index contributed by atoms with van der Waals surface area (Å²) in [4.78, 5) is 30.8. The number of anilines is 2. The first-order valence-corrected chi connectivity index (χ1v) is 10.6. The minimum atomic E-state index is -0.495. The zero-order valence-corrected chi connectivity index (χ0v) is 17.2. The number of piperidine rings is 1. The van der Waals surface area contributed by atoms with Gasteiger partial charge in [-0.2, -0.15) is 0 Å². The SMILES string of the molecule is O=C(Nc1cccc(Cl)c1)Nc1nc(CC(=O)N2CCC3(CC2)OCCO3)cs1. The molecule has 2 aliphatic heterocycles. The van der Waals surface area contributed by atoms with Crippen molar-refractivity contribution in [3.63, 3.8) is 0 Å². The summed E-state index contributed by atoms with van der Waals surface area (Å²) >= 11 is 7.18. The van der Waals surface area contributed by atoms with E-state index in [-0.39, 0.29) is 12.3 Å². The van der Waals surface area contributed by atoms with Crippen LogP contribution in [0.5, 0.6) is 0 Å². The van der Waals surface area contributed by atoms with E-state index < -0.39 is 11.8 Å². The number of carbonyl (C=O) groups is 2. The summed E-state index contributed by atoms with van der Waals surface area (Å²) in [5.74, 6) is -0.483. The molecule has 1 spiro atoms. The molecular weight excluding hydrogens is 416 g/mol. The number of ether oxygens (including phenoxy) is 2. The van der Waals surface area contributed by atoms with Crippen LogP contribution in [0.4, 0.5) is 15.6 Å². The average Bonchev–Trinajstić information content (AvgIpc) is 3.32. The van der Waals surface area contributed by atoms with Gasteiger partial charge in [0.05, 0.1) is 25.3 Å². The Hall–Kier alpha value is -2.20. The highest BCUT2D eigenvalue weighted by Crippen LogP contribution is 2.31. The van der Waals surface area contributed by atoms with Crippen molar-refractivity contribution in [1.82, 2.24) is 9.88 Å². The number of nitrogens with one attached hydrogen (secondary N) is 2. The maximum absolute atomic E-state index is 12.6. The third-order valence-electron chi connectivity index (χ3n) is 4.88. The molecule has 0 radical (unpaired) electrons. The molecule has 0 aliphatic carbocycles. The first kappa shape index (κ1) is 20.1. The molecule has 0 saturated carbocycles. The Kier molecular flexibility index (Phi) is 6.00. The number of carbonyl (C=O) groups excluding carboxylic acids is 2. The Morgan fingerprint density at radius 2 is 1.97 bits per heavy atom. The van der Waals surface area contributed by atoms with E-state index in [9.17, 15) is 9.59 Å². The summed E-state index contributed by atoms with van der Waals surface area (Å²) in [6.07, 6.45) is 1.57. The molecule has 154 valence electrons. The topological polar surface area (TPSA) is 92.8 Å². The number of likely N-dealkylation sites (tertiary alicyclic amines) is 1. The van der Waals surface area contributed by atoms with Crippen LogP contribution in [0.2, 0.25) is 5.02 Å². The van der Waals surface area contributed by atoms with Crippen molar-refractivity contribution >= 4 is 45.7 Å². The van der Waals surface area contributed by atoms with Crippen molar-refractivity contribution in [2.45, 2.75) is 25.0 Å². The highest BCUT2D eigenvalue weighted by Gasteiger charge is 2.40. The minimum Gasteiger partial charge on any atom is -0.347 e. The third-order valence-corrected chi connectivity index (χ3v) is 5.92. The minimum absolute atomic E-state index is 0.0121. The molecule has 2 aliphatic rings. The van der Waals surface area contributed by atoms with Crippen LogP contribution in [0.3, 0.4) is 0 Å². The fourth-order valence-corrected chi connectivity index (χ4v) is 4.32. The average molecular weight is 437 g/mol. The van der Waals surface area contributed by atoms with Crippen LogP contribution < -0.4 is 10.6 Å². The standard InChI is InChI=1S/C19H21ClN4O4S/c20-13-2-1-3-14(10-13)21-17(26)23-18-22-15(12-29-18)11-16(25)24-6-4-19(5-7-24)27-8-9-28-19/h1-3,10,12H,4-9,11H2,(H2,21,22,23,26). The quantitative estimate of drug-likeness (QED) is 0.766. The molecule has 29 heavy (non-hydrogen) atoms. The van der Waals surface area contributed by atoms with Crippen LogP contribution in [-0.2, 0) is 20.7 Å². The monoisotopic (exact) mass is 436 g/mol. The molecule has 2 aromatic rings. The van der Waals surface area contributed by atoms with Gasteiger partial charge in [-0.15, -0.1) is 11.3 Å². The van der Waals surface area contributed by atoms with Gasteiger partial charge in [-0.1, -0.05) is 17.7 Å². The van der Waals surface area contributed by atoms with E-state index in [1.54, 1.807) is 29.6 Å². The van der Waals surface area contributed by atoms with Gasteiger partial charge in [-0.3, -0.25) is 10.1 Å². The van der Waals surface area contributed by atoms with Gasteiger partial charge in [0.1, 0.15) is 0 Å². The molecule has 3 amide bonds. The van der Waals surface area contributed by atoms with Crippen LogP contribution in [0.15, 0.2) is 29.6 Å². The number of hydrogen-bond donors (Lipinski definition) is 2. The van der Waals surface area contributed by atoms with E-state index in [4.69, 9.17) is 21.1 Å². The van der Waals surface area contributed by atoms with E-state index in [2.05, 4.69) is 15.6 Å². The predicted octanol–water partition coefficient (Wildman–Crippen LogP) is 3.35. The normalized spacial score (nSPS) is 18.0. The summed E-state index contributed by atoms with van der Waals surface area (Å²) < 4.78 is 11.4. The zero-order valence-electron chi connectivity index (χ0n) is 15.7. The summed E-state index contributed by atoms with van der Waals surface area (Å²) in [6, 6.07) is 6.44. The van der Waals surface area contributed by atoms with Crippen molar-refractivity contribution < 1.29 is 19.1 Å². The van der Waals surface area contributed by atoms with Crippen molar-refractivity contribution in [1.29, 1.82) is 0 Å². The van der Waals surface area contributed by atoms with Gasteiger partial charge < -0.3 is 19.7 Å². The fraction of sp³-hybridized carbons (Fsp3) is 0.421. The molecule has 3 heterocycles. The van der Waals surface area contributed by atoms with Crippen LogP contribution >= 0.6 is 22.9 Å². The highest BCUT2D eigenvalue weighted by atomic mass is 35.5. The van der Waals surface area contributed by atoms with Crippen LogP contribution in [0.1, 0.15) is 18.5 Å². The Morgan fingerprint density at radius 1 is 1.21 bits per heavy atom. The maximum atomic E-state index is 12.6. The zero-order chi connectivity index (χ0) is 20.3. The maximum Gasteiger partial charge on any atom is 0.325 e. The Labute approximate surface area is 177 Å². The van der Waals surface area contributed by atoms with Gasteiger partial charge in [0.2, 0.25) is 5.91 Å². The van der Waals surface area contributed by atoms with E-state index in [1.807, 2.05) is 4.90 Å². The van der Waals surface area contributed by atoms with Gasteiger partial charge in [0, 0.05) is 42.0 Å². The smallest absolute Gasteiger partial charge is 0.325 e. The molecule has 10 heteroatoms. The lowest BCUT2D eigenvalue weighted by Gasteiger charge is -2.37. The Bertz CT molecular complexity index is 890. The van der Waals surface area contributed by atoms with Gasteiger partial charge >= 0.3 is 6.03 Å². The second-order valence-corrected chi connectivity index (χ2v) is 8.19. The number of hydrogen-bond acceptors (Lipinski definition) is 6. The van der Waals surface area contributed by atoms with E-state index in [0.29, 0.717) is 60.7 Å². The molecule has 1 aromatic carbocycles. The summed E-state index contributed by atoms with van der Waals surface area (Å²) in [5, 5.41) is 8.10. The van der Waals surface area contributed by atoms with Crippen LogP contribution in [-0.4, -0.2) is 53.9 Å². The molecule has 2 N–H and O–H groups in total. The number of urea groups is 1. The number of aromatic nitrogens is 1. The lowest BCUT2D eigenvalue weighted by atomic mass is 10.0. The Balaban J connectivity index is 1.26. The van der Waals surface area contributed by atoms with Crippen LogP contribution in [0, 0.1) is 0 Å². The molecule has 2 saturated heterocycles. The first-order chi connectivity index (χ1) is 14.0. The molecule has 2 fully saturated rings. The molecule has 8 nitrogen and oxygen atoms in total. The van der Waals surface area contributed by atoms with Gasteiger partial charge in [-0.25, -0.2) is 9.78 Å². The number of halogens is 1. The largest absolute Gasteiger partial charge is 0.347 e. The summed E-state index contributed by atoms with van der Waals surface area (Å²) in [6.45, 7) is 2.45. The number of benzene rings is 1. The second kappa shape index (κ2) is 8.66. The van der Waals surface area contributed by atoms with E-state index in [1.165, 1.54) is 11.3 Å². The van der Waals surface area contributed by atoms with Crippen LogP contribution in [0.25, 0.3) is 0 Å². The summed E-state index contributed by atoms with van der Waals surface area (Å²) in [7, 11) is 0.